The van der Waals surface area contributed by atoms with Gasteiger partial charge in [0, 0.05) is 15.9 Å². The Morgan fingerprint density at radius 1 is 1.25 bits per heavy atom. The highest BCUT2D eigenvalue weighted by Crippen LogP contribution is 2.39. The molecule has 16 heavy (non-hydrogen) atoms. The Balaban J connectivity index is 2.06. The Labute approximate surface area is 103 Å². The zero-order chi connectivity index (χ0) is 11.1. The van der Waals surface area contributed by atoms with Crippen LogP contribution in [0.4, 0.5) is 0 Å². The SMILES string of the molecule is NC(c1ccc2ccc(Br)cc2n1)C1CC1. The molecule has 2 N–H and O–H groups in total. The summed E-state index contributed by atoms with van der Waals surface area (Å²) >= 11 is 3.46. The van der Waals surface area contributed by atoms with E-state index in [9.17, 15) is 0 Å². The Morgan fingerprint density at radius 2 is 2.00 bits per heavy atom. The third-order valence-corrected chi connectivity index (χ3v) is 3.64. The highest BCUT2D eigenvalue weighted by atomic mass is 79.9. The van der Waals surface area contributed by atoms with Crippen LogP contribution in [0.3, 0.4) is 0 Å². The smallest absolute Gasteiger partial charge is 0.0717 e. The second-order valence-corrected chi connectivity index (χ2v) is 5.35. The molecular weight excluding hydrogens is 264 g/mol. The van der Waals surface area contributed by atoms with Gasteiger partial charge in [-0.15, -0.1) is 0 Å². The van der Waals surface area contributed by atoms with Gasteiger partial charge in [0.05, 0.1) is 11.2 Å². The van der Waals surface area contributed by atoms with Crippen LogP contribution >= 0.6 is 15.9 Å². The predicted octanol–water partition coefficient (Wildman–Crippen LogP) is 3.41. The summed E-state index contributed by atoms with van der Waals surface area (Å²) < 4.78 is 1.06. The monoisotopic (exact) mass is 276 g/mol. The van der Waals surface area contributed by atoms with Gasteiger partial charge in [-0.25, -0.2) is 0 Å². The average Bonchev–Trinajstić information content (AvgIpc) is 3.11. The molecule has 0 amide bonds. The Kier molecular flexibility index (Phi) is 2.45. The van der Waals surface area contributed by atoms with Gasteiger partial charge in [0.2, 0.25) is 0 Å². The van der Waals surface area contributed by atoms with E-state index in [0.29, 0.717) is 5.92 Å². The maximum atomic E-state index is 6.16. The van der Waals surface area contributed by atoms with Crippen LogP contribution in [0, 0.1) is 5.92 Å². The highest BCUT2D eigenvalue weighted by molar-refractivity contribution is 9.10. The van der Waals surface area contributed by atoms with Crippen molar-refractivity contribution in [3.63, 3.8) is 0 Å². The van der Waals surface area contributed by atoms with Crippen molar-refractivity contribution < 1.29 is 0 Å². The molecule has 1 aromatic carbocycles. The van der Waals surface area contributed by atoms with Crippen LogP contribution in [-0.4, -0.2) is 4.98 Å². The highest BCUT2D eigenvalue weighted by Gasteiger charge is 2.30. The molecule has 1 aliphatic carbocycles. The first-order valence-corrected chi connectivity index (χ1v) is 6.35. The number of benzene rings is 1. The minimum atomic E-state index is 0.114. The van der Waals surface area contributed by atoms with Gasteiger partial charge in [-0.3, -0.25) is 4.98 Å². The fourth-order valence-electron chi connectivity index (χ4n) is 1.99. The average molecular weight is 277 g/mol. The van der Waals surface area contributed by atoms with Crippen LogP contribution in [-0.2, 0) is 0 Å². The molecule has 82 valence electrons. The van der Waals surface area contributed by atoms with Crippen molar-refractivity contribution in [2.24, 2.45) is 11.7 Å². The predicted molar refractivity (Wildman–Crippen MR) is 69.1 cm³/mol. The van der Waals surface area contributed by atoms with E-state index in [0.717, 1.165) is 21.1 Å². The van der Waals surface area contributed by atoms with Crippen LogP contribution in [0.25, 0.3) is 10.9 Å². The van der Waals surface area contributed by atoms with Crippen molar-refractivity contribution in [2.75, 3.05) is 0 Å². The van der Waals surface area contributed by atoms with Crippen LogP contribution < -0.4 is 5.73 Å². The second-order valence-electron chi connectivity index (χ2n) is 4.44. The number of aromatic nitrogens is 1. The summed E-state index contributed by atoms with van der Waals surface area (Å²) in [6.45, 7) is 0. The number of hydrogen-bond acceptors (Lipinski definition) is 2. The molecule has 1 atom stereocenters. The standard InChI is InChI=1S/C13H13BrN2/c14-10-5-3-8-4-6-11(16-12(8)7-10)13(15)9-1-2-9/h3-7,9,13H,1-2,15H2. The zero-order valence-electron chi connectivity index (χ0n) is 8.86. The molecule has 2 nitrogen and oxygen atoms in total. The lowest BCUT2D eigenvalue weighted by Crippen LogP contribution is -2.13. The molecule has 0 saturated heterocycles. The molecule has 0 radical (unpaired) electrons. The molecule has 1 saturated carbocycles. The Hall–Kier alpha value is -0.930. The van der Waals surface area contributed by atoms with E-state index in [4.69, 9.17) is 5.73 Å². The second kappa shape index (κ2) is 3.82. The number of nitrogens with zero attached hydrogens (tertiary/aromatic N) is 1. The first-order chi connectivity index (χ1) is 7.74. The summed E-state index contributed by atoms with van der Waals surface area (Å²) in [6.07, 6.45) is 2.50. The molecule has 1 aliphatic rings. The summed E-state index contributed by atoms with van der Waals surface area (Å²) in [5, 5.41) is 1.16. The molecule has 3 rings (SSSR count). The van der Waals surface area contributed by atoms with Crippen LogP contribution in [0.15, 0.2) is 34.8 Å². The van der Waals surface area contributed by atoms with Gasteiger partial charge in [-0.2, -0.15) is 0 Å². The molecule has 3 heteroatoms. The summed E-state index contributed by atoms with van der Waals surface area (Å²) in [4.78, 5) is 4.64. The number of rotatable bonds is 2. The lowest BCUT2D eigenvalue weighted by atomic mass is 10.1. The van der Waals surface area contributed by atoms with Crippen molar-refractivity contribution >= 4 is 26.8 Å². The molecule has 1 aromatic heterocycles. The molecule has 0 spiro atoms. The lowest BCUT2D eigenvalue weighted by molar-refractivity contribution is 0.617. The Morgan fingerprint density at radius 3 is 2.75 bits per heavy atom. The largest absolute Gasteiger partial charge is 0.322 e. The molecule has 2 aromatic rings. The van der Waals surface area contributed by atoms with Crippen molar-refractivity contribution in [2.45, 2.75) is 18.9 Å². The van der Waals surface area contributed by atoms with Crippen LogP contribution in [0.5, 0.6) is 0 Å². The van der Waals surface area contributed by atoms with Gasteiger partial charge in [-0.05, 0) is 37.0 Å². The van der Waals surface area contributed by atoms with Gasteiger partial charge >= 0.3 is 0 Å². The van der Waals surface area contributed by atoms with E-state index in [1.165, 1.54) is 12.8 Å². The van der Waals surface area contributed by atoms with Gasteiger partial charge < -0.3 is 5.73 Å². The zero-order valence-corrected chi connectivity index (χ0v) is 10.4. The topological polar surface area (TPSA) is 38.9 Å². The van der Waals surface area contributed by atoms with Gasteiger partial charge in [0.25, 0.3) is 0 Å². The summed E-state index contributed by atoms with van der Waals surface area (Å²) in [7, 11) is 0. The van der Waals surface area contributed by atoms with Crippen LogP contribution in [0.1, 0.15) is 24.6 Å². The van der Waals surface area contributed by atoms with E-state index < -0.39 is 0 Å². The van der Waals surface area contributed by atoms with Crippen molar-refractivity contribution in [3.05, 3.63) is 40.5 Å². The van der Waals surface area contributed by atoms with E-state index >= 15 is 0 Å². The Bertz CT molecular complexity index is 534. The van der Waals surface area contributed by atoms with Gasteiger partial charge in [0.15, 0.2) is 0 Å². The number of nitrogens with two attached hydrogens (primary N) is 1. The van der Waals surface area contributed by atoms with E-state index in [1.807, 2.05) is 12.1 Å². The minimum Gasteiger partial charge on any atom is -0.322 e. The van der Waals surface area contributed by atoms with Crippen molar-refractivity contribution in [3.8, 4) is 0 Å². The minimum absolute atomic E-state index is 0.114. The normalized spacial score (nSPS) is 17.6. The van der Waals surface area contributed by atoms with E-state index in [1.54, 1.807) is 0 Å². The molecule has 0 aliphatic heterocycles. The van der Waals surface area contributed by atoms with E-state index in [-0.39, 0.29) is 6.04 Å². The summed E-state index contributed by atoms with van der Waals surface area (Å²) in [6, 6.07) is 10.4. The quantitative estimate of drug-likeness (QED) is 0.913. The molecule has 0 bridgehead atoms. The van der Waals surface area contributed by atoms with Crippen molar-refractivity contribution in [1.29, 1.82) is 0 Å². The number of fused-ring (bicyclic) bond motifs is 1. The maximum Gasteiger partial charge on any atom is 0.0717 e. The van der Waals surface area contributed by atoms with E-state index in [2.05, 4.69) is 39.1 Å². The maximum absolute atomic E-state index is 6.16. The van der Waals surface area contributed by atoms with Crippen molar-refractivity contribution in [1.82, 2.24) is 4.98 Å². The number of halogens is 1. The lowest BCUT2D eigenvalue weighted by Gasteiger charge is -2.10. The third kappa shape index (κ3) is 1.85. The number of hydrogen-bond donors (Lipinski definition) is 1. The molecule has 1 unspecified atom stereocenters. The number of pyridine rings is 1. The third-order valence-electron chi connectivity index (χ3n) is 3.15. The summed E-state index contributed by atoms with van der Waals surface area (Å²) in [5.41, 5.74) is 8.19. The first kappa shape index (κ1) is 10.2. The fourth-order valence-corrected chi connectivity index (χ4v) is 2.34. The summed E-state index contributed by atoms with van der Waals surface area (Å²) in [5.74, 6) is 0.650. The molecular formula is C13H13BrN2. The van der Waals surface area contributed by atoms with Gasteiger partial charge in [-0.1, -0.05) is 28.1 Å². The fraction of sp³-hybridized carbons (Fsp3) is 0.308. The first-order valence-electron chi connectivity index (χ1n) is 5.56. The van der Waals surface area contributed by atoms with Crippen LogP contribution in [0.2, 0.25) is 0 Å². The van der Waals surface area contributed by atoms with Gasteiger partial charge in [0.1, 0.15) is 0 Å². The molecule has 1 heterocycles. The molecule has 1 fully saturated rings.